The smallest absolute Gasteiger partial charge is 0.251 e. The van der Waals surface area contributed by atoms with Crippen molar-refractivity contribution in [3.8, 4) is 0 Å². The summed E-state index contributed by atoms with van der Waals surface area (Å²) in [4.78, 5) is 22.3. The van der Waals surface area contributed by atoms with Crippen LogP contribution in [0.15, 0.2) is 40.5 Å². The molecule has 10 nitrogen and oxygen atoms in total. The molecule has 0 fully saturated rings. The Kier molecular flexibility index (Phi) is 9.91. The molecule has 1 aromatic carbocycles. The van der Waals surface area contributed by atoms with Gasteiger partial charge in [-0.3, -0.25) is 4.79 Å². The number of benzene rings is 1. The van der Waals surface area contributed by atoms with Crippen molar-refractivity contribution in [3.63, 3.8) is 0 Å². The van der Waals surface area contributed by atoms with Gasteiger partial charge in [0.15, 0.2) is 10.8 Å². The zero-order valence-corrected chi connectivity index (χ0v) is 24.0. The van der Waals surface area contributed by atoms with E-state index in [9.17, 15) is 13.2 Å². The highest BCUT2D eigenvalue weighted by molar-refractivity contribution is 7.99. The van der Waals surface area contributed by atoms with Crippen molar-refractivity contribution in [2.75, 3.05) is 31.5 Å². The lowest BCUT2D eigenvalue weighted by atomic mass is 10.2. The Morgan fingerprint density at radius 3 is 2.35 bits per heavy atom. The van der Waals surface area contributed by atoms with Crippen LogP contribution in [-0.2, 0) is 16.6 Å². The van der Waals surface area contributed by atoms with Crippen LogP contribution in [0.4, 0.5) is 5.82 Å². The number of nitrogens with one attached hydrogen (secondary N) is 2. The minimum absolute atomic E-state index is 0.174. The van der Waals surface area contributed by atoms with Gasteiger partial charge in [-0.2, -0.15) is 9.40 Å². The van der Waals surface area contributed by atoms with Gasteiger partial charge in [0.05, 0.1) is 23.0 Å². The molecule has 0 radical (unpaired) electrons. The summed E-state index contributed by atoms with van der Waals surface area (Å²) in [6.07, 6.45) is 1.75. The van der Waals surface area contributed by atoms with Crippen molar-refractivity contribution < 1.29 is 13.2 Å². The average molecular weight is 548 g/mol. The lowest BCUT2D eigenvalue weighted by Gasteiger charge is -2.18. The third-order valence-corrected chi connectivity index (χ3v) is 8.49. The summed E-state index contributed by atoms with van der Waals surface area (Å²) in [5.41, 5.74) is 1.10. The van der Waals surface area contributed by atoms with Gasteiger partial charge in [0.2, 0.25) is 10.0 Å². The highest BCUT2D eigenvalue weighted by Crippen LogP contribution is 2.26. The predicted octanol–water partition coefficient (Wildman–Crippen LogP) is 3.86. The molecular weight excluding hydrogens is 510 g/mol. The number of thioether (sulfide) groups is 1. The molecular formula is C25H37N7O3S2. The number of aromatic nitrogens is 4. The molecule has 3 rings (SSSR count). The number of rotatable bonds is 13. The maximum absolute atomic E-state index is 12.7. The highest BCUT2D eigenvalue weighted by atomic mass is 32.2. The van der Waals surface area contributed by atoms with Crippen LogP contribution in [0.2, 0.25) is 0 Å². The molecule has 0 unspecified atom stereocenters. The van der Waals surface area contributed by atoms with E-state index >= 15 is 0 Å². The van der Waals surface area contributed by atoms with Crippen molar-refractivity contribution >= 4 is 44.5 Å². The summed E-state index contributed by atoms with van der Waals surface area (Å²) in [5.74, 6) is 0.938. The number of carbonyl (C=O) groups is 1. The lowest BCUT2D eigenvalue weighted by Crippen LogP contribution is -2.31. The van der Waals surface area contributed by atoms with Gasteiger partial charge in [0, 0.05) is 37.0 Å². The van der Waals surface area contributed by atoms with Gasteiger partial charge in [0.25, 0.3) is 5.91 Å². The van der Waals surface area contributed by atoms with E-state index in [-0.39, 0.29) is 10.8 Å². The molecule has 0 bridgehead atoms. The van der Waals surface area contributed by atoms with E-state index in [1.807, 2.05) is 0 Å². The molecule has 202 valence electrons. The molecule has 2 N–H and O–H groups in total. The Balaban J connectivity index is 1.70. The summed E-state index contributed by atoms with van der Waals surface area (Å²) in [7, 11) is -3.56. The maximum atomic E-state index is 12.7. The molecule has 0 spiro atoms. The monoisotopic (exact) mass is 547 g/mol. The predicted molar refractivity (Wildman–Crippen MR) is 149 cm³/mol. The molecule has 3 aromatic rings. The van der Waals surface area contributed by atoms with Gasteiger partial charge < -0.3 is 10.6 Å². The second-order valence-corrected chi connectivity index (χ2v) is 12.8. The number of amides is 1. The van der Waals surface area contributed by atoms with Crippen LogP contribution in [-0.4, -0.2) is 69.8 Å². The highest BCUT2D eigenvalue weighted by Gasteiger charge is 2.22. The summed E-state index contributed by atoms with van der Waals surface area (Å²) < 4.78 is 28.5. The number of fused-ring (bicyclic) bond motifs is 1. The fraction of sp³-hybridized carbons (Fsp3) is 0.520. The van der Waals surface area contributed by atoms with Crippen molar-refractivity contribution in [2.45, 2.75) is 63.4 Å². The van der Waals surface area contributed by atoms with Gasteiger partial charge in [-0.25, -0.2) is 23.1 Å². The van der Waals surface area contributed by atoms with Gasteiger partial charge >= 0.3 is 0 Å². The Labute approximate surface area is 223 Å². The zero-order valence-electron chi connectivity index (χ0n) is 22.4. The quantitative estimate of drug-likeness (QED) is 0.244. The van der Waals surface area contributed by atoms with Crippen LogP contribution < -0.4 is 10.6 Å². The molecule has 0 saturated carbocycles. The maximum Gasteiger partial charge on any atom is 0.251 e. The van der Waals surface area contributed by atoms with Gasteiger partial charge in [0.1, 0.15) is 5.82 Å². The lowest BCUT2D eigenvalue weighted by molar-refractivity contribution is 0.0952. The minimum atomic E-state index is -3.56. The summed E-state index contributed by atoms with van der Waals surface area (Å²) >= 11 is 1.59. The molecule has 0 aliphatic rings. The Morgan fingerprint density at radius 1 is 1.08 bits per heavy atom. The van der Waals surface area contributed by atoms with Gasteiger partial charge in [-0.05, 0) is 30.2 Å². The third kappa shape index (κ3) is 7.20. The molecule has 0 saturated heterocycles. The normalized spacial score (nSPS) is 12.1. The van der Waals surface area contributed by atoms with Crippen LogP contribution in [0, 0.1) is 5.92 Å². The second-order valence-electron chi connectivity index (χ2n) is 9.27. The number of anilines is 1. The third-order valence-electron chi connectivity index (χ3n) is 5.56. The molecule has 0 aliphatic carbocycles. The fourth-order valence-electron chi connectivity index (χ4n) is 3.67. The summed E-state index contributed by atoms with van der Waals surface area (Å²) in [5, 5.41) is 12.6. The first-order valence-electron chi connectivity index (χ1n) is 12.6. The Hall–Kier alpha value is -2.70. The largest absolute Gasteiger partial charge is 0.369 e. The number of nitrogens with zero attached hydrogens (tertiary/aromatic N) is 5. The first-order chi connectivity index (χ1) is 17.6. The molecule has 1 amide bonds. The van der Waals surface area contributed by atoms with Crippen LogP contribution >= 0.6 is 11.8 Å². The van der Waals surface area contributed by atoms with Crippen LogP contribution in [0.3, 0.4) is 0 Å². The number of hydrogen-bond donors (Lipinski definition) is 2. The number of sulfonamides is 1. The van der Waals surface area contributed by atoms with Crippen molar-refractivity contribution in [1.29, 1.82) is 0 Å². The first kappa shape index (κ1) is 28.9. The van der Waals surface area contributed by atoms with Gasteiger partial charge in [-0.15, -0.1) is 0 Å². The Bertz CT molecular complexity index is 1300. The summed E-state index contributed by atoms with van der Waals surface area (Å²) in [6, 6.07) is 6.01. The van der Waals surface area contributed by atoms with E-state index in [2.05, 4.69) is 43.4 Å². The Morgan fingerprint density at radius 2 is 1.76 bits per heavy atom. The minimum Gasteiger partial charge on any atom is -0.369 e. The molecule has 0 atom stereocenters. The second kappa shape index (κ2) is 12.7. The average Bonchev–Trinajstić information content (AvgIpc) is 3.25. The fourth-order valence-corrected chi connectivity index (χ4v) is 5.83. The van der Waals surface area contributed by atoms with Gasteiger partial charge in [-0.1, -0.05) is 53.3 Å². The summed E-state index contributed by atoms with van der Waals surface area (Å²) in [6.45, 7) is 14.4. The topological polar surface area (TPSA) is 122 Å². The van der Waals surface area contributed by atoms with E-state index in [1.165, 1.54) is 28.6 Å². The van der Waals surface area contributed by atoms with E-state index in [1.54, 1.807) is 36.5 Å². The molecule has 0 aliphatic heterocycles. The van der Waals surface area contributed by atoms with Crippen molar-refractivity contribution in [1.82, 2.24) is 29.4 Å². The SMILES string of the molecule is CCN(CC)S(=O)(=O)c1ccc(C(=O)NCCn2ncc3c(NCC(C)C)nc(SC(C)C)nc32)cc1. The molecule has 2 heterocycles. The van der Waals surface area contributed by atoms with E-state index in [4.69, 9.17) is 9.97 Å². The number of hydrogen-bond acceptors (Lipinski definition) is 8. The molecule has 12 heteroatoms. The van der Waals surface area contributed by atoms with E-state index < -0.39 is 10.0 Å². The van der Waals surface area contributed by atoms with Crippen LogP contribution in [0.25, 0.3) is 11.0 Å². The number of carbonyl (C=O) groups excluding carboxylic acids is 1. The zero-order chi connectivity index (χ0) is 27.2. The van der Waals surface area contributed by atoms with E-state index in [0.717, 1.165) is 17.7 Å². The molecule has 2 aromatic heterocycles. The standard InChI is InChI=1S/C25H37N7O3S2/c1-7-31(8-2)37(34,35)20-11-9-19(10-12-20)24(33)26-13-14-32-23-21(16-28-32)22(27-15-17(3)4)29-25(30-23)36-18(5)6/h9-12,16-18H,7-8,13-15H2,1-6H3,(H,26,33)(H,27,29,30). The van der Waals surface area contributed by atoms with Crippen molar-refractivity contribution in [2.24, 2.45) is 5.92 Å². The van der Waals surface area contributed by atoms with Crippen LogP contribution in [0.1, 0.15) is 51.9 Å². The van der Waals surface area contributed by atoms with E-state index in [0.29, 0.717) is 53.7 Å². The van der Waals surface area contributed by atoms with Crippen molar-refractivity contribution in [3.05, 3.63) is 36.0 Å². The molecule has 37 heavy (non-hydrogen) atoms. The van der Waals surface area contributed by atoms with Crippen LogP contribution in [0.5, 0.6) is 0 Å². The first-order valence-corrected chi connectivity index (χ1v) is 14.9.